The van der Waals surface area contributed by atoms with E-state index in [-0.39, 0.29) is 18.1 Å². The van der Waals surface area contributed by atoms with Gasteiger partial charge < -0.3 is 10.8 Å². The molecule has 2 atom stereocenters. The second-order valence-corrected chi connectivity index (χ2v) is 4.00. The lowest BCUT2D eigenvalue weighted by Gasteiger charge is -2.31. The third kappa shape index (κ3) is 3.75. The third-order valence-corrected chi connectivity index (χ3v) is 2.74. The van der Waals surface area contributed by atoms with Crippen LogP contribution in [0.25, 0.3) is 0 Å². The van der Waals surface area contributed by atoms with Gasteiger partial charge in [0.05, 0.1) is 6.61 Å². The van der Waals surface area contributed by atoms with E-state index in [0.29, 0.717) is 5.92 Å². The fraction of sp³-hybridized carbons (Fsp3) is 0.636. The van der Waals surface area contributed by atoms with Crippen molar-refractivity contribution in [2.24, 2.45) is 17.1 Å². The summed E-state index contributed by atoms with van der Waals surface area (Å²) in [7, 11) is 0. The lowest BCUT2D eigenvalue weighted by molar-refractivity contribution is 0.282. The molecule has 0 aromatic heterocycles. The predicted octanol–water partition coefficient (Wildman–Crippen LogP) is 1.71. The molecule has 0 saturated heterocycles. The van der Waals surface area contributed by atoms with Gasteiger partial charge in [0, 0.05) is 6.04 Å². The van der Waals surface area contributed by atoms with Gasteiger partial charge in [0.25, 0.3) is 0 Å². The number of rotatable bonds is 5. The fourth-order valence-electron chi connectivity index (χ4n) is 1.07. The van der Waals surface area contributed by atoms with Crippen LogP contribution in [0.3, 0.4) is 0 Å². The monoisotopic (exact) mass is 183 g/mol. The molecule has 0 aliphatic carbocycles. The lowest BCUT2D eigenvalue weighted by Crippen LogP contribution is -2.35. The summed E-state index contributed by atoms with van der Waals surface area (Å²) >= 11 is 0. The van der Waals surface area contributed by atoms with Gasteiger partial charge in [-0.1, -0.05) is 39.0 Å². The molecule has 0 aliphatic heterocycles. The predicted molar refractivity (Wildman–Crippen MR) is 57.3 cm³/mol. The number of aliphatic hydroxyl groups is 1. The Morgan fingerprint density at radius 3 is 2.46 bits per heavy atom. The van der Waals surface area contributed by atoms with Crippen molar-refractivity contribution >= 4 is 0 Å². The SMILES string of the molecule is C=CC(C)(C)C(C)C(N)/C=C\CO. The molecule has 0 bridgehead atoms. The normalized spacial score (nSPS) is 17.3. The van der Waals surface area contributed by atoms with Crippen LogP contribution in [0.5, 0.6) is 0 Å². The van der Waals surface area contributed by atoms with Crippen molar-refractivity contribution in [3.8, 4) is 0 Å². The van der Waals surface area contributed by atoms with Gasteiger partial charge in [0.2, 0.25) is 0 Å². The molecule has 2 heteroatoms. The van der Waals surface area contributed by atoms with Crippen LogP contribution in [0.1, 0.15) is 20.8 Å². The Morgan fingerprint density at radius 1 is 1.54 bits per heavy atom. The van der Waals surface area contributed by atoms with E-state index >= 15 is 0 Å². The van der Waals surface area contributed by atoms with E-state index in [1.807, 2.05) is 12.2 Å². The smallest absolute Gasteiger partial charge is 0.0612 e. The molecule has 0 aromatic carbocycles. The van der Waals surface area contributed by atoms with Gasteiger partial charge in [-0.05, 0) is 11.3 Å². The van der Waals surface area contributed by atoms with Crippen molar-refractivity contribution < 1.29 is 5.11 Å². The maximum absolute atomic E-state index is 8.59. The molecule has 0 fully saturated rings. The van der Waals surface area contributed by atoms with Crippen molar-refractivity contribution in [1.29, 1.82) is 0 Å². The highest BCUT2D eigenvalue weighted by molar-refractivity contribution is 5.02. The van der Waals surface area contributed by atoms with Gasteiger partial charge in [-0.15, -0.1) is 6.58 Å². The molecule has 13 heavy (non-hydrogen) atoms. The van der Waals surface area contributed by atoms with Gasteiger partial charge in [-0.3, -0.25) is 0 Å². The van der Waals surface area contributed by atoms with E-state index in [9.17, 15) is 0 Å². The van der Waals surface area contributed by atoms with Crippen LogP contribution in [0.4, 0.5) is 0 Å². The topological polar surface area (TPSA) is 46.2 Å². The molecule has 0 heterocycles. The molecule has 3 N–H and O–H groups in total. The highest BCUT2D eigenvalue weighted by atomic mass is 16.2. The van der Waals surface area contributed by atoms with Gasteiger partial charge in [0.15, 0.2) is 0 Å². The van der Waals surface area contributed by atoms with Crippen LogP contribution >= 0.6 is 0 Å². The lowest BCUT2D eigenvalue weighted by atomic mass is 9.76. The summed E-state index contributed by atoms with van der Waals surface area (Å²) in [5, 5.41) is 8.59. The molecule has 0 aromatic rings. The maximum Gasteiger partial charge on any atom is 0.0612 e. The highest BCUT2D eigenvalue weighted by Crippen LogP contribution is 2.29. The summed E-state index contributed by atoms with van der Waals surface area (Å²) in [6.45, 7) is 10.1. The van der Waals surface area contributed by atoms with E-state index in [4.69, 9.17) is 10.8 Å². The molecule has 2 unspecified atom stereocenters. The molecular weight excluding hydrogens is 162 g/mol. The highest BCUT2D eigenvalue weighted by Gasteiger charge is 2.25. The molecule has 2 nitrogen and oxygen atoms in total. The number of aliphatic hydroxyl groups excluding tert-OH is 1. The van der Waals surface area contributed by atoms with Crippen LogP contribution in [-0.4, -0.2) is 17.8 Å². The van der Waals surface area contributed by atoms with E-state index in [1.54, 1.807) is 6.08 Å². The zero-order chi connectivity index (χ0) is 10.5. The van der Waals surface area contributed by atoms with Crippen LogP contribution in [-0.2, 0) is 0 Å². The molecule has 0 spiro atoms. The zero-order valence-corrected chi connectivity index (χ0v) is 8.83. The zero-order valence-electron chi connectivity index (χ0n) is 8.83. The van der Waals surface area contributed by atoms with Gasteiger partial charge in [-0.2, -0.15) is 0 Å². The van der Waals surface area contributed by atoms with Crippen LogP contribution < -0.4 is 5.73 Å². The summed E-state index contributed by atoms with van der Waals surface area (Å²) in [6, 6.07) is -0.0276. The van der Waals surface area contributed by atoms with E-state index in [0.717, 1.165) is 0 Å². The Hall–Kier alpha value is -0.600. The quantitative estimate of drug-likeness (QED) is 0.637. The number of hydrogen-bond acceptors (Lipinski definition) is 2. The number of allylic oxidation sites excluding steroid dienone is 1. The van der Waals surface area contributed by atoms with Gasteiger partial charge in [-0.25, -0.2) is 0 Å². The summed E-state index contributed by atoms with van der Waals surface area (Å²) in [4.78, 5) is 0. The summed E-state index contributed by atoms with van der Waals surface area (Å²) < 4.78 is 0. The Kier molecular flexibility index (Phi) is 4.96. The van der Waals surface area contributed by atoms with E-state index in [2.05, 4.69) is 27.4 Å². The first-order valence-electron chi connectivity index (χ1n) is 4.62. The van der Waals surface area contributed by atoms with Crippen molar-refractivity contribution in [3.05, 3.63) is 24.8 Å². The van der Waals surface area contributed by atoms with Crippen LogP contribution in [0.15, 0.2) is 24.8 Å². The number of hydrogen-bond donors (Lipinski definition) is 2. The second kappa shape index (κ2) is 5.20. The van der Waals surface area contributed by atoms with E-state index in [1.165, 1.54) is 0 Å². The summed E-state index contributed by atoms with van der Waals surface area (Å²) in [6.07, 6.45) is 5.45. The minimum Gasteiger partial charge on any atom is -0.392 e. The Bertz CT molecular complexity index is 185. The molecule has 0 rings (SSSR count). The molecule has 0 aliphatic rings. The standard InChI is InChI=1S/C11H21NO/c1-5-11(3,4)9(2)10(12)7-6-8-13/h5-7,9-10,13H,1,8,12H2,2-4H3/b7-6-. The first-order valence-corrected chi connectivity index (χ1v) is 4.62. The molecule has 0 radical (unpaired) electrons. The summed E-state index contributed by atoms with van der Waals surface area (Å²) in [5.74, 6) is 0.313. The van der Waals surface area contributed by atoms with Crippen molar-refractivity contribution in [2.45, 2.75) is 26.8 Å². The molecule has 0 saturated carbocycles. The molecule has 76 valence electrons. The van der Waals surface area contributed by atoms with Crippen LogP contribution in [0.2, 0.25) is 0 Å². The maximum atomic E-state index is 8.59. The van der Waals surface area contributed by atoms with Crippen molar-refractivity contribution in [2.75, 3.05) is 6.61 Å². The van der Waals surface area contributed by atoms with E-state index < -0.39 is 0 Å². The Labute approximate surface area is 81.1 Å². The van der Waals surface area contributed by atoms with Crippen LogP contribution in [0, 0.1) is 11.3 Å². The van der Waals surface area contributed by atoms with Gasteiger partial charge >= 0.3 is 0 Å². The third-order valence-electron chi connectivity index (χ3n) is 2.74. The van der Waals surface area contributed by atoms with Gasteiger partial charge in [0.1, 0.15) is 0 Å². The number of nitrogens with two attached hydrogens (primary N) is 1. The molecular formula is C11H21NO. The summed E-state index contributed by atoms with van der Waals surface area (Å²) in [5.41, 5.74) is 5.95. The largest absolute Gasteiger partial charge is 0.392 e. The minimum atomic E-state index is -0.0276. The van der Waals surface area contributed by atoms with Crippen molar-refractivity contribution in [3.63, 3.8) is 0 Å². The first kappa shape index (κ1) is 12.4. The second-order valence-electron chi connectivity index (χ2n) is 4.00. The average molecular weight is 183 g/mol. The Balaban J connectivity index is 4.32. The minimum absolute atomic E-state index is 0.0270. The van der Waals surface area contributed by atoms with Crippen molar-refractivity contribution in [1.82, 2.24) is 0 Å². The first-order chi connectivity index (χ1) is 5.95. The molecule has 0 amide bonds. The fourth-order valence-corrected chi connectivity index (χ4v) is 1.07. The average Bonchev–Trinajstić information content (AvgIpc) is 2.12. The Morgan fingerprint density at radius 2 is 2.08 bits per heavy atom.